The molecule has 3 aromatic rings. The van der Waals surface area contributed by atoms with Gasteiger partial charge in [-0.15, -0.1) is 0 Å². The van der Waals surface area contributed by atoms with Crippen LogP contribution in [0, 0.1) is 0 Å². The number of carbonyl (C=O) groups is 1. The SMILES string of the molecule is CC(C(=O)NC(CCO)c1ccccc1)c1cc2ccccc2o1. The van der Waals surface area contributed by atoms with Crippen molar-refractivity contribution in [1.29, 1.82) is 0 Å². The van der Waals surface area contributed by atoms with E-state index in [0.717, 1.165) is 16.5 Å². The Labute approximate surface area is 141 Å². The van der Waals surface area contributed by atoms with Gasteiger partial charge in [-0.05, 0) is 31.0 Å². The van der Waals surface area contributed by atoms with Gasteiger partial charge in [0.15, 0.2) is 0 Å². The normalized spacial score (nSPS) is 13.6. The van der Waals surface area contributed by atoms with Gasteiger partial charge < -0.3 is 14.8 Å². The highest BCUT2D eigenvalue weighted by Crippen LogP contribution is 2.26. The van der Waals surface area contributed by atoms with Gasteiger partial charge in [-0.1, -0.05) is 48.5 Å². The van der Waals surface area contributed by atoms with Crippen molar-refractivity contribution in [3.8, 4) is 0 Å². The average Bonchev–Trinajstić information content (AvgIpc) is 3.05. The van der Waals surface area contributed by atoms with Crippen LogP contribution in [-0.2, 0) is 4.79 Å². The van der Waals surface area contributed by atoms with Crippen molar-refractivity contribution in [1.82, 2.24) is 5.32 Å². The molecule has 2 N–H and O–H groups in total. The molecule has 0 saturated carbocycles. The van der Waals surface area contributed by atoms with Crippen molar-refractivity contribution in [2.45, 2.75) is 25.3 Å². The van der Waals surface area contributed by atoms with Crippen LogP contribution in [0.15, 0.2) is 65.1 Å². The molecule has 0 aliphatic carbocycles. The fraction of sp³-hybridized carbons (Fsp3) is 0.250. The Bertz CT molecular complexity index is 777. The van der Waals surface area contributed by atoms with Crippen molar-refractivity contribution in [3.05, 3.63) is 72.0 Å². The lowest BCUT2D eigenvalue weighted by Gasteiger charge is -2.20. The van der Waals surface area contributed by atoms with Gasteiger partial charge in [0.25, 0.3) is 0 Å². The second-order valence-electron chi connectivity index (χ2n) is 5.89. The predicted octanol–water partition coefficient (Wildman–Crippen LogP) is 3.78. The summed E-state index contributed by atoms with van der Waals surface area (Å²) < 4.78 is 5.79. The van der Waals surface area contributed by atoms with E-state index < -0.39 is 5.92 Å². The zero-order chi connectivity index (χ0) is 16.9. The van der Waals surface area contributed by atoms with Crippen LogP contribution in [0.25, 0.3) is 11.0 Å². The minimum Gasteiger partial charge on any atom is -0.460 e. The lowest BCUT2D eigenvalue weighted by Crippen LogP contribution is -2.32. The van der Waals surface area contributed by atoms with Crippen LogP contribution in [0.4, 0.5) is 0 Å². The zero-order valence-electron chi connectivity index (χ0n) is 13.6. The fourth-order valence-electron chi connectivity index (χ4n) is 2.78. The van der Waals surface area contributed by atoms with Gasteiger partial charge in [0.05, 0.1) is 12.0 Å². The number of amides is 1. The van der Waals surface area contributed by atoms with Crippen molar-refractivity contribution < 1.29 is 14.3 Å². The largest absolute Gasteiger partial charge is 0.460 e. The summed E-state index contributed by atoms with van der Waals surface area (Å²) in [5, 5.41) is 13.3. The number of aliphatic hydroxyl groups excluding tert-OH is 1. The molecule has 0 radical (unpaired) electrons. The van der Waals surface area contributed by atoms with E-state index in [1.54, 1.807) is 0 Å². The smallest absolute Gasteiger partial charge is 0.230 e. The maximum absolute atomic E-state index is 12.6. The first-order valence-electron chi connectivity index (χ1n) is 8.13. The molecule has 0 fully saturated rings. The molecule has 4 heteroatoms. The molecule has 124 valence electrons. The molecule has 0 aliphatic heterocycles. The third-order valence-corrected chi connectivity index (χ3v) is 4.20. The highest BCUT2D eigenvalue weighted by molar-refractivity contribution is 5.85. The zero-order valence-corrected chi connectivity index (χ0v) is 13.6. The Morgan fingerprint density at radius 2 is 1.83 bits per heavy atom. The molecule has 1 amide bonds. The monoisotopic (exact) mass is 323 g/mol. The third kappa shape index (κ3) is 3.49. The summed E-state index contributed by atoms with van der Waals surface area (Å²) in [5.41, 5.74) is 1.76. The second-order valence-corrected chi connectivity index (χ2v) is 5.89. The van der Waals surface area contributed by atoms with Gasteiger partial charge in [0, 0.05) is 12.0 Å². The number of rotatable bonds is 6. The van der Waals surface area contributed by atoms with Gasteiger partial charge in [-0.25, -0.2) is 0 Å². The number of carbonyl (C=O) groups excluding carboxylic acids is 1. The van der Waals surface area contributed by atoms with Crippen molar-refractivity contribution >= 4 is 16.9 Å². The van der Waals surface area contributed by atoms with Gasteiger partial charge in [0.1, 0.15) is 11.3 Å². The van der Waals surface area contributed by atoms with Crippen LogP contribution in [0.3, 0.4) is 0 Å². The molecule has 0 spiro atoms. The summed E-state index contributed by atoms with van der Waals surface area (Å²) in [6.07, 6.45) is 0.475. The molecule has 2 aromatic carbocycles. The van der Waals surface area contributed by atoms with Gasteiger partial charge >= 0.3 is 0 Å². The molecular formula is C20H21NO3. The summed E-state index contributed by atoms with van der Waals surface area (Å²) in [5.74, 6) is 0.128. The van der Waals surface area contributed by atoms with Crippen molar-refractivity contribution in [3.63, 3.8) is 0 Å². The molecule has 1 aromatic heterocycles. The molecule has 0 bridgehead atoms. The van der Waals surface area contributed by atoms with Crippen LogP contribution in [0.5, 0.6) is 0 Å². The van der Waals surface area contributed by atoms with Crippen LogP contribution < -0.4 is 5.32 Å². The topological polar surface area (TPSA) is 62.5 Å². The summed E-state index contributed by atoms with van der Waals surface area (Å²) in [6.45, 7) is 1.84. The number of fused-ring (bicyclic) bond motifs is 1. The highest BCUT2D eigenvalue weighted by atomic mass is 16.3. The van der Waals surface area contributed by atoms with E-state index in [1.807, 2.05) is 67.6 Å². The number of furan rings is 1. The van der Waals surface area contributed by atoms with Gasteiger partial charge in [-0.3, -0.25) is 4.79 Å². The van der Waals surface area contributed by atoms with E-state index in [4.69, 9.17) is 4.42 Å². The third-order valence-electron chi connectivity index (χ3n) is 4.20. The van der Waals surface area contributed by atoms with E-state index >= 15 is 0 Å². The lowest BCUT2D eigenvalue weighted by molar-refractivity contribution is -0.123. The number of benzene rings is 2. The number of nitrogens with one attached hydrogen (secondary N) is 1. The van der Waals surface area contributed by atoms with E-state index in [1.165, 1.54) is 0 Å². The quantitative estimate of drug-likeness (QED) is 0.726. The Morgan fingerprint density at radius 1 is 1.12 bits per heavy atom. The summed E-state index contributed by atoms with van der Waals surface area (Å²) in [4.78, 5) is 12.6. The molecule has 2 unspecified atom stereocenters. The second kappa shape index (κ2) is 7.32. The van der Waals surface area contributed by atoms with Crippen LogP contribution >= 0.6 is 0 Å². The maximum Gasteiger partial charge on any atom is 0.230 e. The van der Waals surface area contributed by atoms with Gasteiger partial charge in [-0.2, -0.15) is 0 Å². The van der Waals surface area contributed by atoms with Crippen LogP contribution in [0.2, 0.25) is 0 Å². The summed E-state index contributed by atoms with van der Waals surface area (Å²) in [7, 11) is 0. The molecule has 4 nitrogen and oxygen atoms in total. The Morgan fingerprint density at radius 3 is 2.54 bits per heavy atom. The standard InChI is InChI=1S/C20H21NO3/c1-14(19-13-16-9-5-6-10-18(16)24-19)20(23)21-17(11-12-22)15-7-3-2-4-8-15/h2-10,13-14,17,22H,11-12H2,1H3,(H,21,23). The Kier molecular flexibility index (Phi) is 4.96. The average molecular weight is 323 g/mol. The van der Waals surface area contributed by atoms with E-state index in [0.29, 0.717) is 12.2 Å². The molecular weight excluding hydrogens is 302 g/mol. The van der Waals surface area contributed by atoms with E-state index in [-0.39, 0.29) is 18.6 Å². The Hall–Kier alpha value is -2.59. The molecule has 3 rings (SSSR count). The number of hydrogen-bond acceptors (Lipinski definition) is 3. The van der Waals surface area contributed by atoms with Gasteiger partial charge in [0.2, 0.25) is 5.91 Å². The van der Waals surface area contributed by atoms with E-state index in [9.17, 15) is 9.90 Å². The van der Waals surface area contributed by atoms with E-state index in [2.05, 4.69) is 5.32 Å². The Balaban J connectivity index is 1.76. The first kappa shape index (κ1) is 16.3. The summed E-state index contributed by atoms with van der Waals surface area (Å²) in [6, 6.07) is 19.1. The summed E-state index contributed by atoms with van der Waals surface area (Å²) >= 11 is 0. The maximum atomic E-state index is 12.6. The molecule has 2 atom stereocenters. The lowest BCUT2D eigenvalue weighted by atomic mass is 10.0. The molecule has 0 saturated heterocycles. The first-order valence-corrected chi connectivity index (χ1v) is 8.13. The number of aliphatic hydroxyl groups is 1. The van der Waals surface area contributed by atoms with Crippen molar-refractivity contribution in [2.75, 3.05) is 6.61 Å². The number of para-hydroxylation sites is 1. The first-order chi connectivity index (χ1) is 11.7. The van der Waals surface area contributed by atoms with Crippen LogP contribution in [-0.4, -0.2) is 17.6 Å². The number of hydrogen-bond donors (Lipinski definition) is 2. The predicted molar refractivity (Wildman–Crippen MR) is 93.7 cm³/mol. The minimum absolute atomic E-state index is 0.0128. The fourth-order valence-corrected chi connectivity index (χ4v) is 2.78. The molecule has 1 heterocycles. The molecule has 0 aliphatic rings. The highest BCUT2D eigenvalue weighted by Gasteiger charge is 2.22. The van der Waals surface area contributed by atoms with Crippen molar-refractivity contribution in [2.24, 2.45) is 0 Å². The van der Waals surface area contributed by atoms with Crippen LogP contribution in [0.1, 0.15) is 36.6 Å². The molecule has 24 heavy (non-hydrogen) atoms. The minimum atomic E-state index is -0.401.